The van der Waals surface area contributed by atoms with Crippen LogP contribution in [0.4, 0.5) is 8.78 Å². The Bertz CT molecular complexity index is 798. The van der Waals surface area contributed by atoms with Gasteiger partial charge in [0, 0.05) is 12.1 Å². The predicted molar refractivity (Wildman–Crippen MR) is 93.0 cm³/mol. The number of aliphatic carboxylic acids is 1. The summed E-state index contributed by atoms with van der Waals surface area (Å²) in [6.45, 7) is -1.67. The van der Waals surface area contributed by atoms with E-state index in [1.807, 2.05) is 0 Å². The monoisotopic (exact) mass is 379 g/mol. The Morgan fingerprint density at radius 3 is 2.33 bits per heavy atom. The van der Waals surface area contributed by atoms with Crippen molar-refractivity contribution in [1.82, 2.24) is 4.90 Å². The number of methoxy groups -OCH3 is 1. The lowest BCUT2D eigenvalue weighted by Crippen LogP contribution is -2.42. The van der Waals surface area contributed by atoms with E-state index < -0.39 is 24.5 Å². The minimum atomic E-state index is -3.09. The Morgan fingerprint density at radius 1 is 1.11 bits per heavy atom. The Morgan fingerprint density at radius 2 is 1.78 bits per heavy atom. The molecule has 6 nitrogen and oxygen atoms in total. The number of alkyl halides is 2. The normalized spacial score (nSPS) is 11.7. The highest BCUT2D eigenvalue weighted by molar-refractivity contribution is 5.97. The summed E-state index contributed by atoms with van der Waals surface area (Å²) in [5.74, 6) is -2.08. The topological polar surface area (TPSA) is 76.1 Å². The number of carboxylic acids is 1. The van der Waals surface area contributed by atoms with Gasteiger partial charge >= 0.3 is 12.6 Å². The van der Waals surface area contributed by atoms with Crippen LogP contribution in [-0.4, -0.2) is 41.6 Å². The van der Waals surface area contributed by atoms with E-state index in [2.05, 4.69) is 4.74 Å². The number of hydrogen-bond donors (Lipinski definition) is 1. The number of amides is 1. The van der Waals surface area contributed by atoms with Crippen molar-refractivity contribution in [2.75, 3.05) is 7.11 Å². The molecule has 144 valence electrons. The van der Waals surface area contributed by atoms with Crippen LogP contribution in [0.5, 0.6) is 11.5 Å². The summed E-state index contributed by atoms with van der Waals surface area (Å²) in [5.41, 5.74) is 0.743. The first-order valence-electron chi connectivity index (χ1n) is 8.04. The second-order valence-electron chi connectivity index (χ2n) is 5.68. The van der Waals surface area contributed by atoms with Gasteiger partial charge in [-0.25, -0.2) is 4.79 Å². The van der Waals surface area contributed by atoms with E-state index in [1.165, 1.54) is 26.2 Å². The van der Waals surface area contributed by atoms with E-state index in [0.29, 0.717) is 0 Å². The quantitative estimate of drug-likeness (QED) is 0.761. The lowest BCUT2D eigenvalue weighted by molar-refractivity contribution is -0.141. The Balaban J connectivity index is 2.37. The zero-order valence-electron chi connectivity index (χ0n) is 14.8. The number of nitrogens with zero attached hydrogens (tertiary/aromatic N) is 1. The lowest BCUT2D eigenvalue weighted by Gasteiger charge is -2.27. The Hall–Kier alpha value is -3.16. The van der Waals surface area contributed by atoms with Crippen LogP contribution in [0.2, 0.25) is 0 Å². The molecular weight excluding hydrogens is 360 g/mol. The molecule has 0 saturated heterocycles. The third-order valence-corrected chi connectivity index (χ3v) is 3.91. The van der Waals surface area contributed by atoms with Crippen LogP contribution in [0.1, 0.15) is 22.8 Å². The number of hydrogen-bond acceptors (Lipinski definition) is 4. The van der Waals surface area contributed by atoms with Gasteiger partial charge in [0.1, 0.15) is 6.04 Å². The van der Waals surface area contributed by atoms with Crippen molar-refractivity contribution in [3.05, 3.63) is 59.7 Å². The molecule has 0 fully saturated rings. The lowest BCUT2D eigenvalue weighted by atomic mass is 10.1. The van der Waals surface area contributed by atoms with Gasteiger partial charge in [-0.1, -0.05) is 30.3 Å². The van der Waals surface area contributed by atoms with Crippen molar-refractivity contribution in [2.24, 2.45) is 0 Å². The summed E-state index contributed by atoms with van der Waals surface area (Å²) < 4.78 is 34.5. The maximum absolute atomic E-state index is 12.9. The SMILES string of the molecule is COc1ccc(C(=O)N(Cc2ccccc2)C(C)C(=O)O)cc1OC(F)F. The highest BCUT2D eigenvalue weighted by atomic mass is 19.3. The number of benzene rings is 2. The van der Waals surface area contributed by atoms with Crippen LogP contribution in [0, 0.1) is 0 Å². The molecule has 1 unspecified atom stereocenters. The third-order valence-electron chi connectivity index (χ3n) is 3.91. The summed E-state index contributed by atoms with van der Waals surface area (Å²) >= 11 is 0. The molecule has 0 saturated carbocycles. The molecule has 2 aromatic rings. The highest BCUT2D eigenvalue weighted by Crippen LogP contribution is 2.30. The fraction of sp³-hybridized carbons (Fsp3) is 0.263. The molecule has 0 radical (unpaired) electrons. The number of rotatable bonds is 8. The van der Waals surface area contributed by atoms with Gasteiger partial charge in [-0.3, -0.25) is 4.79 Å². The van der Waals surface area contributed by atoms with Gasteiger partial charge in [-0.05, 0) is 30.7 Å². The fourth-order valence-corrected chi connectivity index (χ4v) is 2.46. The van der Waals surface area contributed by atoms with E-state index in [9.17, 15) is 23.5 Å². The maximum atomic E-state index is 12.9. The van der Waals surface area contributed by atoms with E-state index in [4.69, 9.17) is 4.74 Å². The molecule has 0 bridgehead atoms. The van der Waals surface area contributed by atoms with Crippen molar-refractivity contribution >= 4 is 11.9 Å². The molecule has 0 heterocycles. The van der Waals surface area contributed by atoms with Crippen LogP contribution in [0.3, 0.4) is 0 Å². The van der Waals surface area contributed by atoms with Crippen LogP contribution >= 0.6 is 0 Å². The van der Waals surface area contributed by atoms with Crippen molar-refractivity contribution in [2.45, 2.75) is 26.1 Å². The van der Waals surface area contributed by atoms with Crippen molar-refractivity contribution in [3.8, 4) is 11.5 Å². The maximum Gasteiger partial charge on any atom is 0.387 e. The molecule has 0 aromatic heterocycles. The van der Waals surface area contributed by atoms with Crippen molar-refractivity contribution in [3.63, 3.8) is 0 Å². The second-order valence-corrected chi connectivity index (χ2v) is 5.68. The molecule has 1 N–H and O–H groups in total. The van der Waals surface area contributed by atoms with Crippen molar-refractivity contribution < 1.29 is 33.0 Å². The summed E-state index contributed by atoms with van der Waals surface area (Å²) in [6.07, 6.45) is 0. The Kier molecular flexibility index (Phi) is 6.70. The van der Waals surface area contributed by atoms with Crippen LogP contribution in [0.25, 0.3) is 0 Å². The third kappa shape index (κ3) is 5.16. The van der Waals surface area contributed by atoms with Gasteiger partial charge in [0.05, 0.1) is 7.11 Å². The minimum absolute atomic E-state index is 0.00970. The van der Waals surface area contributed by atoms with E-state index >= 15 is 0 Å². The molecule has 2 rings (SSSR count). The molecule has 1 atom stereocenters. The van der Waals surface area contributed by atoms with Crippen LogP contribution < -0.4 is 9.47 Å². The number of ether oxygens (including phenoxy) is 2. The first kappa shape index (κ1) is 20.2. The average molecular weight is 379 g/mol. The standard InChI is InChI=1S/C19H19F2NO5/c1-12(18(24)25)22(11-13-6-4-3-5-7-13)17(23)14-8-9-15(26-2)16(10-14)27-19(20)21/h3-10,12,19H,11H2,1-2H3,(H,24,25). The minimum Gasteiger partial charge on any atom is -0.493 e. The molecule has 0 spiro atoms. The van der Waals surface area contributed by atoms with Gasteiger partial charge in [0.25, 0.3) is 5.91 Å². The average Bonchev–Trinajstić information content (AvgIpc) is 2.65. The molecule has 1 amide bonds. The molecule has 0 aliphatic carbocycles. The molecule has 27 heavy (non-hydrogen) atoms. The van der Waals surface area contributed by atoms with Gasteiger partial charge in [0.2, 0.25) is 0 Å². The smallest absolute Gasteiger partial charge is 0.387 e. The molecule has 2 aromatic carbocycles. The van der Waals surface area contributed by atoms with Gasteiger partial charge in [-0.2, -0.15) is 8.78 Å². The Labute approximate surface area is 154 Å². The van der Waals surface area contributed by atoms with Crippen molar-refractivity contribution in [1.29, 1.82) is 0 Å². The number of carboxylic acid groups (broad SMARTS) is 1. The van der Waals surface area contributed by atoms with E-state index in [1.54, 1.807) is 30.3 Å². The van der Waals surface area contributed by atoms with E-state index in [-0.39, 0.29) is 23.6 Å². The molecule has 0 aliphatic rings. The largest absolute Gasteiger partial charge is 0.493 e. The molecular formula is C19H19F2NO5. The van der Waals surface area contributed by atoms with Gasteiger partial charge < -0.3 is 19.5 Å². The molecule has 0 aliphatic heterocycles. The zero-order chi connectivity index (χ0) is 20.0. The summed E-state index contributed by atoms with van der Waals surface area (Å²) in [6, 6.07) is 11.5. The van der Waals surface area contributed by atoms with Crippen LogP contribution in [0.15, 0.2) is 48.5 Å². The highest BCUT2D eigenvalue weighted by Gasteiger charge is 2.27. The number of halogens is 2. The number of carbonyl (C=O) groups excluding carboxylic acids is 1. The summed E-state index contributed by atoms with van der Waals surface area (Å²) in [4.78, 5) is 25.5. The first-order chi connectivity index (χ1) is 12.8. The fourth-order valence-electron chi connectivity index (χ4n) is 2.46. The van der Waals surface area contributed by atoms with Crippen LogP contribution in [-0.2, 0) is 11.3 Å². The van der Waals surface area contributed by atoms with Gasteiger partial charge in [0.15, 0.2) is 11.5 Å². The summed E-state index contributed by atoms with van der Waals surface area (Å²) in [7, 11) is 1.28. The zero-order valence-corrected chi connectivity index (χ0v) is 14.8. The molecule has 8 heteroatoms. The second kappa shape index (κ2) is 8.98. The predicted octanol–water partition coefficient (Wildman–Crippen LogP) is 3.41. The first-order valence-corrected chi connectivity index (χ1v) is 8.04. The van der Waals surface area contributed by atoms with E-state index in [0.717, 1.165) is 16.5 Å². The number of carbonyl (C=O) groups is 2. The summed E-state index contributed by atoms with van der Waals surface area (Å²) in [5, 5.41) is 9.34. The van der Waals surface area contributed by atoms with Gasteiger partial charge in [-0.15, -0.1) is 0 Å².